The summed E-state index contributed by atoms with van der Waals surface area (Å²) >= 11 is 0. The Balaban J connectivity index is 1.67. The van der Waals surface area contributed by atoms with Crippen molar-refractivity contribution in [3.63, 3.8) is 0 Å². The van der Waals surface area contributed by atoms with Crippen LogP contribution in [0.4, 0.5) is 11.4 Å². The summed E-state index contributed by atoms with van der Waals surface area (Å²) in [4.78, 5) is 15.3. The van der Waals surface area contributed by atoms with Gasteiger partial charge in [-0.3, -0.25) is 14.8 Å². The lowest BCUT2D eigenvalue weighted by atomic mass is 10.0. The van der Waals surface area contributed by atoms with Crippen LogP contribution in [0.15, 0.2) is 71.3 Å². The van der Waals surface area contributed by atoms with Crippen LogP contribution in [0.25, 0.3) is 11.5 Å². The quantitative estimate of drug-likeness (QED) is 0.518. The molecule has 0 aliphatic carbocycles. The summed E-state index contributed by atoms with van der Waals surface area (Å²) in [5.74, 6) is 1.44. The molecule has 0 fully saturated rings. The Bertz CT molecular complexity index is 1190. The maximum Gasteiger partial charge on any atom is 0.262 e. The lowest BCUT2D eigenvalue weighted by Gasteiger charge is -2.37. The van der Waals surface area contributed by atoms with Gasteiger partial charge in [0.15, 0.2) is 5.76 Å². The summed E-state index contributed by atoms with van der Waals surface area (Å²) in [7, 11) is 0. The van der Waals surface area contributed by atoms with Crippen LogP contribution in [-0.2, 0) is 0 Å². The predicted octanol–water partition coefficient (Wildman–Crippen LogP) is 5.06. The SMILES string of the molecule is Cc1ccc(N2C(=O)c3ccccc3NC2c2cn[nH]c2-c2ccc(C)o2)cc1. The molecule has 1 atom stereocenters. The van der Waals surface area contributed by atoms with Crippen molar-refractivity contribution in [1.82, 2.24) is 10.2 Å². The van der Waals surface area contributed by atoms with Crippen molar-refractivity contribution in [2.75, 3.05) is 10.2 Å². The number of fused-ring (bicyclic) bond motifs is 1. The minimum absolute atomic E-state index is 0.0593. The van der Waals surface area contributed by atoms with E-state index in [1.165, 1.54) is 0 Å². The van der Waals surface area contributed by atoms with Crippen LogP contribution in [0, 0.1) is 13.8 Å². The number of anilines is 2. The molecule has 1 aliphatic rings. The molecule has 6 nitrogen and oxygen atoms in total. The molecule has 0 saturated carbocycles. The first kappa shape index (κ1) is 17.3. The minimum Gasteiger partial charge on any atom is -0.460 e. The van der Waals surface area contributed by atoms with E-state index in [-0.39, 0.29) is 5.91 Å². The van der Waals surface area contributed by atoms with Crippen molar-refractivity contribution in [1.29, 1.82) is 0 Å². The fourth-order valence-electron chi connectivity index (χ4n) is 3.71. The number of carbonyl (C=O) groups excluding carboxylic acids is 1. The molecule has 1 unspecified atom stereocenters. The van der Waals surface area contributed by atoms with Gasteiger partial charge in [-0.2, -0.15) is 5.10 Å². The topological polar surface area (TPSA) is 74.2 Å². The fraction of sp³-hybridized carbons (Fsp3) is 0.130. The average molecular weight is 384 g/mol. The zero-order valence-corrected chi connectivity index (χ0v) is 16.1. The number of amides is 1. The normalized spacial score (nSPS) is 15.9. The number of aromatic nitrogens is 2. The highest BCUT2D eigenvalue weighted by Gasteiger charge is 2.36. The zero-order valence-electron chi connectivity index (χ0n) is 16.1. The van der Waals surface area contributed by atoms with E-state index in [1.54, 1.807) is 11.1 Å². The summed E-state index contributed by atoms with van der Waals surface area (Å²) in [5, 5.41) is 10.8. The number of aromatic amines is 1. The molecule has 4 aromatic rings. The molecule has 2 aromatic carbocycles. The first-order chi connectivity index (χ1) is 14.1. The highest BCUT2D eigenvalue weighted by Crippen LogP contribution is 2.39. The van der Waals surface area contributed by atoms with Crippen molar-refractivity contribution in [2.45, 2.75) is 20.0 Å². The van der Waals surface area contributed by atoms with Gasteiger partial charge in [-0.15, -0.1) is 0 Å². The number of para-hydroxylation sites is 1. The lowest BCUT2D eigenvalue weighted by molar-refractivity contribution is 0.0975. The Morgan fingerprint density at radius 1 is 1.00 bits per heavy atom. The summed E-state index contributed by atoms with van der Waals surface area (Å²) in [6.45, 7) is 3.93. The number of aryl methyl sites for hydroxylation is 2. The van der Waals surface area contributed by atoms with E-state index in [1.807, 2.05) is 74.5 Å². The molecule has 3 heterocycles. The molecule has 0 saturated heterocycles. The van der Waals surface area contributed by atoms with Gasteiger partial charge in [-0.1, -0.05) is 29.8 Å². The minimum atomic E-state index is -0.431. The molecule has 2 aromatic heterocycles. The van der Waals surface area contributed by atoms with Crippen molar-refractivity contribution < 1.29 is 9.21 Å². The molecule has 29 heavy (non-hydrogen) atoms. The van der Waals surface area contributed by atoms with Gasteiger partial charge in [0.1, 0.15) is 17.6 Å². The standard InChI is InChI=1S/C23H20N4O2/c1-14-7-10-16(11-8-14)27-22(25-19-6-4-3-5-17(19)23(27)28)18-13-24-26-21(18)20-12-9-15(2)29-20/h3-13,22,25H,1-2H3,(H,24,26). The van der Waals surface area contributed by atoms with Gasteiger partial charge in [0.25, 0.3) is 5.91 Å². The molecular weight excluding hydrogens is 364 g/mol. The van der Waals surface area contributed by atoms with Crippen molar-refractivity contribution in [2.24, 2.45) is 0 Å². The molecule has 0 radical (unpaired) electrons. The van der Waals surface area contributed by atoms with Crippen LogP contribution >= 0.6 is 0 Å². The Kier molecular flexibility index (Phi) is 3.98. The molecule has 144 valence electrons. The number of nitrogens with one attached hydrogen (secondary N) is 2. The van der Waals surface area contributed by atoms with Crippen LogP contribution in [0.5, 0.6) is 0 Å². The Hall–Kier alpha value is -3.80. The summed E-state index contributed by atoms with van der Waals surface area (Å²) < 4.78 is 5.81. The molecule has 2 N–H and O–H groups in total. The van der Waals surface area contributed by atoms with Crippen LogP contribution < -0.4 is 10.2 Å². The largest absolute Gasteiger partial charge is 0.460 e. The van der Waals surface area contributed by atoms with Gasteiger partial charge < -0.3 is 9.73 Å². The fourth-order valence-corrected chi connectivity index (χ4v) is 3.71. The zero-order chi connectivity index (χ0) is 20.0. The van der Waals surface area contributed by atoms with E-state index in [2.05, 4.69) is 15.5 Å². The number of rotatable bonds is 3. The van der Waals surface area contributed by atoms with Crippen molar-refractivity contribution in [3.05, 3.63) is 89.3 Å². The van der Waals surface area contributed by atoms with E-state index in [4.69, 9.17) is 4.42 Å². The maximum absolute atomic E-state index is 13.5. The Morgan fingerprint density at radius 3 is 2.55 bits per heavy atom. The number of benzene rings is 2. The number of H-pyrrole nitrogens is 1. The van der Waals surface area contributed by atoms with E-state index >= 15 is 0 Å². The number of hydrogen-bond acceptors (Lipinski definition) is 4. The molecule has 0 spiro atoms. The van der Waals surface area contributed by atoms with Crippen LogP contribution in [0.2, 0.25) is 0 Å². The average Bonchev–Trinajstić information content (AvgIpc) is 3.38. The lowest BCUT2D eigenvalue weighted by Crippen LogP contribution is -2.43. The van der Waals surface area contributed by atoms with Gasteiger partial charge in [0, 0.05) is 16.9 Å². The van der Waals surface area contributed by atoms with Gasteiger partial charge in [0.2, 0.25) is 0 Å². The highest BCUT2D eigenvalue weighted by atomic mass is 16.3. The monoisotopic (exact) mass is 384 g/mol. The summed E-state index contributed by atoms with van der Waals surface area (Å²) in [6, 6.07) is 19.3. The summed E-state index contributed by atoms with van der Waals surface area (Å²) in [6.07, 6.45) is 1.31. The third-order valence-corrected chi connectivity index (χ3v) is 5.19. The predicted molar refractivity (Wildman–Crippen MR) is 112 cm³/mol. The van der Waals surface area contributed by atoms with E-state index < -0.39 is 6.17 Å². The maximum atomic E-state index is 13.5. The second-order valence-corrected chi connectivity index (χ2v) is 7.21. The van der Waals surface area contributed by atoms with Gasteiger partial charge >= 0.3 is 0 Å². The van der Waals surface area contributed by atoms with Gasteiger partial charge in [0.05, 0.1) is 11.8 Å². The highest BCUT2D eigenvalue weighted by molar-refractivity contribution is 6.12. The second kappa shape index (κ2) is 6.67. The van der Waals surface area contributed by atoms with Crippen molar-refractivity contribution >= 4 is 17.3 Å². The van der Waals surface area contributed by atoms with Gasteiger partial charge in [-0.05, 0) is 50.2 Å². The molecule has 1 amide bonds. The van der Waals surface area contributed by atoms with E-state index in [9.17, 15) is 4.79 Å². The van der Waals surface area contributed by atoms with Gasteiger partial charge in [-0.25, -0.2) is 0 Å². The number of furan rings is 1. The third kappa shape index (κ3) is 2.89. The number of carbonyl (C=O) groups is 1. The van der Waals surface area contributed by atoms with Crippen LogP contribution in [0.3, 0.4) is 0 Å². The van der Waals surface area contributed by atoms with Crippen LogP contribution in [0.1, 0.15) is 33.4 Å². The molecule has 5 rings (SSSR count). The Morgan fingerprint density at radius 2 is 1.79 bits per heavy atom. The second-order valence-electron chi connectivity index (χ2n) is 7.21. The Labute approximate surface area is 168 Å². The molecule has 1 aliphatic heterocycles. The number of nitrogens with zero attached hydrogens (tertiary/aromatic N) is 2. The molecule has 0 bridgehead atoms. The summed E-state index contributed by atoms with van der Waals surface area (Å²) in [5.41, 5.74) is 4.98. The first-order valence-corrected chi connectivity index (χ1v) is 9.48. The third-order valence-electron chi connectivity index (χ3n) is 5.19. The van der Waals surface area contributed by atoms with E-state index in [0.29, 0.717) is 11.3 Å². The molecule has 6 heteroatoms. The smallest absolute Gasteiger partial charge is 0.262 e. The van der Waals surface area contributed by atoms with Crippen molar-refractivity contribution in [3.8, 4) is 11.5 Å². The molecular formula is C23H20N4O2. The van der Waals surface area contributed by atoms with E-state index in [0.717, 1.165) is 34.0 Å². The first-order valence-electron chi connectivity index (χ1n) is 9.48. The van der Waals surface area contributed by atoms with Crippen LogP contribution in [-0.4, -0.2) is 16.1 Å². The number of hydrogen-bond donors (Lipinski definition) is 2.